The van der Waals surface area contributed by atoms with E-state index in [9.17, 15) is 4.79 Å². The van der Waals surface area contributed by atoms with Crippen molar-refractivity contribution < 1.29 is 9.21 Å². The molecule has 3 aromatic rings. The fourth-order valence-corrected chi connectivity index (χ4v) is 2.69. The molecule has 0 spiro atoms. The Morgan fingerprint density at radius 3 is 2.73 bits per heavy atom. The first-order chi connectivity index (χ1) is 10.7. The van der Waals surface area contributed by atoms with E-state index in [4.69, 9.17) is 4.42 Å². The third-order valence-corrected chi connectivity index (χ3v) is 4.26. The van der Waals surface area contributed by atoms with Gasteiger partial charge in [-0.1, -0.05) is 34.1 Å². The molecule has 1 amide bonds. The van der Waals surface area contributed by atoms with E-state index < -0.39 is 0 Å². The maximum absolute atomic E-state index is 11.7. The summed E-state index contributed by atoms with van der Waals surface area (Å²) in [5.74, 6) is 1.09. The molecule has 6 heteroatoms. The van der Waals surface area contributed by atoms with Crippen LogP contribution in [0.15, 0.2) is 67.9 Å². The zero-order valence-corrected chi connectivity index (χ0v) is 13.7. The van der Waals surface area contributed by atoms with Crippen LogP contribution in [0.1, 0.15) is 15.4 Å². The summed E-state index contributed by atoms with van der Waals surface area (Å²) in [5.41, 5.74) is 3.44. The van der Waals surface area contributed by atoms with Crippen LogP contribution in [0.4, 0.5) is 0 Å². The molecule has 110 valence electrons. The zero-order chi connectivity index (χ0) is 15.4. The molecule has 22 heavy (non-hydrogen) atoms. The minimum Gasteiger partial charge on any atom is -0.455 e. The first-order valence-corrected chi connectivity index (χ1v) is 8.12. The van der Waals surface area contributed by atoms with Gasteiger partial charge in [0.2, 0.25) is 0 Å². The van der Waals surface area contributed by atoms with Crippen LogP contribution in [0, 0.1) is 0 Å². The van der Waals surface area contributed by atoms with Gasteiger partial charge in [-0.05, 0) is 35.7 Å². The number of benzene rings is 1. The Morgan fingerprint density at radius 1 is 1.18 bits per heavy atom. The zero-order valence-electron chi connectivity index (χ0n) is 11.3. The molecule has 0 unspecified atom stereocenters. The summed E-state index contributed by atoms with van der Waals surface area (Å²) >= 11 is 4.76. The number of rotatable bonds is 4. The highest BCUT2D eigenvalue weighted by Crippen LogP contribution is 2.23. The van der Waals surface area contributed by atoms with Crippen LogP contribution in [0.5, 0.6) is 0 Å². The standard InChI is InChI=1S/C16H11BrN2O2S/c17-12-5-3-11(4-6-12)14-8-7-13(21-14)10-18-19-16(20)15-2-1-9-22-15/h1-10H,(H,19,20). The van der Waals surface area contributed by atoms with Crippen molar-refractivity contribution in [3.63, 3.8) is 0 Å². The molecule has 3 rings (SSSR count). The van der Waals surface area contributed by atoms with Gasteiger partial charge in [0.25, 0.3) is 5.91 Å². The first kappa shape index (κ1) is 14.7. The van der Waals surface area contributed by atoms with Gasteiger partial charge in [0.05, 0.1) is 11.1 Å². The van der Waals surface area contributed by atoms with E-state index in [1.165, 1.54) is 17.6 Å². The molecule has 0 saturated heterocycles. The average molecular weight is 375 g/mol. The van der Waals surface area contributed by atoms with E-state index in [1.807, 2.05) is 41.8 Å². The smallest absolute Gasteiger partial charge is 0.281 e. The molecule has 2 heterocycles. The molecule has 1 aromatic carbocycles. The average Bonchev–Trinajstić information content (AvgIpc) is 3.19. The van der Waals surface area contributed by atoms with E-state index in [2.05, 4.69) is 26.5 Å². The maximum Gasteiger partial charge on any atom is 0.281 e. The van der Waals surface area contributed by atoms with Crippen molar-refractivity contribution >= 4 is 39.4 Å². The van der Waals surface area contributed by atoms with E-state index in [0.717, 1.165) is 15.8 Å². The van der Waals surface area contributed by atoms with Crippen molar-refractivity contribution in [3.05, 3.63) is 69.0 Å². The number of hydrazone groups is 1. The molecule has 0 aliphatic rings. The molecule has 0 aliphatic carbocycles. The lowest BCUT2D eigenvalue weighted by Gasteiger charge is -1.96. The van der Waals surface area contributed by atoms with Gasteiger partial charge in [-0.2, -0.15) is 5.10 Å². The van der Waals surface area contributed by atoms with Gasteiger partial charge in [0, 0.05) is 10.0 Å². The molecular weight excluding hydrogens is 364 g/mol. The van der Waals surface area contributed by atoms with Crippen molar-refractivity contribution in [2.75, 3.05) is 0 Å². The predicted octanol–water partition coefficient (Wildman–Crippen LogP) is 4.53. The lowest BCUT2D eigenvalue weighted by molar-refractivity contribution is 0.0959. The molecule has 0 bridgehead atoms. The number of thiophene rings is 1. The van der Waals surface area contributed by atoms with Crippen molar-refractivity contribution in [3.8, 4) is 11.3 Å². The maximum atomic E-state index is 11.7. The number of furan rings is 1. The molecule has 4 nitrogen and oxygen atoms in total. The monoisotopic (exact) mass is 374 g/mol. The highest BCUT2D eigenvalue weighted by atomic mass is 79.9. The molecule has 2 aromatic heterocycles. The van der Waals surface area contributed by atoms with Gasteiger partial charge in [-0.15, -0.1) is 11.3 Å². The van der Waals surface area contributed by atoms with Gasteiger partial charge < -0.3 is 4.42 Å². The quantitative estimate of drug-likeness (QED) is 0.538. The molecule has 0 radical (unpaired) electrons. The molecule has 0 atom stereocenters. The highest BCUT2D eigenvalue weighted by molar-refractivity contribution is 9.10. The minimum absolute atomic E-state index is 0.231. The molecular formula is C16H11BrN2O2S. The van der Waals surface area contributed by atoms with Crippen molar-refractivity contribution in [2.24, 2.45) is 5.10 Å². The van der Waals surface area contributed by atoms with Crippen LogP contribution in [0.2, 0.25) is 0 Å². The first-order valence-electron chi connectivity index (χ1n) is 6.45. The Balaban J connectivity index is 1.65. The number of nitrogens with zero attached hydrogens (tertiary/aromatic N) is 1. The SMILES string of the molecule is O=C(NN=Cc1ccc(-c2ccc(Br)cc2)o1)c1cccs1. The number of hydrogen-bond donors (Lipinski definition) is 1. The summed E-state index contributed by atoms with van der Waals surface area (Å²) in [4.78, 5) is 12.3. The summed E-state index contributed by atoms with van der Waals surface area (Å²) in [6.45, 7) is 0. The Labute approximate surface area is 139 Å². The van der Waals surface area contributed by atoms with Gasteiger partial charge in [0.1, 0.15) is 11.5 Å². The van der Waals surface area contributed by atoms with Crippen molar-refractivity contribution in [1.29, 1.82) is 0 Å². The van der Waals surface area contributed by atoms with Crippen molar-refractivity contribution in [1.82, 2.24) is 5.43 Å². The highest BCUT2D eigenvalue weighted by Gasteiger charge is 2.05. The van der Waals surface area contributed by atoms with Crippen LogP contribution >= 0.6 is 27.3 Å². The Hall–Kier alpha value is -2.18. The van der Waals surface area contributed by atoms with Crippen LogP contribution in [-0.2, 0) is 0 Å². The second-order valence-electron chi connectivity index (χ2n) is 4.39. The molecule has 1 N–H and O–H groups in total. The van der Waals surface area contributed by atoms with Gasteiger partial charge in [0.15, 0.2) is 0 Å². The Kier molecular flexibility index (Phi) is 4.50. The summed E-state index contributed by atoms with van der Waals surface area (Å²) in [6.07, 6.45) is 1.48. The third-order valence-electron chi connectivity index (χ3n) is 2.86. The second-order valence-corrected chi connectivity index (χ2v) is 6.25. The van der Waals surface area contributed by atoms with Crippen molar-refractivity contribution in [2.45, 2.75) is 0 Å². The predicted molar refractivity (Wildman–Crippen MR) is 91.2 cm³/mol. The lowest BCUT2D eigenvalue weighted by Crippen LogP contribution is -2.15. The van der Waals surface area contributed by atoms with E-state index in [0.29, 0.717) is 10.6 Å². The Bertz CT molecular complexity index is 792. The number of halogens is 1. The van der Waals surface area contributed by atoms with Crippen LogP contribution in [0.3, 0.4) is 0 Å². The van der Waals surface area contributed by atoms with Crippen LogP contribution in [-0.4, -0.2) is 12.1 Å². The lowest BCUT2D eigenvalue weighted by atomic mass is 10.2. The Morgan fingerprint density at radius 2 is 2.00 bits per heavy atom. The van der Waals surface area contributed by atoms with Gasteiger partial charge in [-0.3, -0.25) is 4.79 Å². The van der Waals surface area contributed by atoms with E-state index in [1.54, 1.807) is 12.1 Å². The topological polar surface area (TPSA) is 54.6 Å². The largest absolute Gasteiger partial charge is 0.455 e. The number of amides is 1. The number of nitrogens with one attached hydrogen (secondary N) is 1. The molecule has 0 saturated carbocycles. The summed E-state index contributed by atoms with van der Waals surface area (Å²) in [7, 11) is 0. The van der Waals surface area contributed by atoms with E-state index in [-0.39, 0.29) is 5.91 Å². The molecule has 0 fully saturated rings. The summed E-state index contributed by atoms with van der Waals surface area (Å²) in [5, 5.41) is 5.74. The normalized spacial score (nSPS) is 11.0. The number of carbonyl (C=O) groups excluding carboxylic acids is 1. The number of carbonyl (C=O) groups is 1. The van der Waals surface area contributed by atoms with Crippen LogP contribution < -0.4 is 5.43 Å². The summed E-state index contributed by atoms with van der Waals surface area (Å²) in [6, 6.07) is 15.1. The number of hydrogen-bond acceptors (Lipinski definition) is 4. The fraction of sp³-hybridized carbons (Fsp3) is 0. The third kappa shape index (κ3) is 3.52. The van der Waals surface area contributed by atoms with Gasteiger partial charge in [-0.25, -0.2) is 5.43 Å². The van der Waals surface area contributed by atoms with Gasteiger partial charge >= 0.3 is 0 Å². The fourth-order valence-electron chi connectivity index (χ4n) is 1.81. The summed E-state index contributed by atoms with van der Waals surface area (Å²) < 4.78 is 6.68. The van der Waals surface area contributed by atoms with Crippen LogP contribution in [0.25, 0.3) is 11.3 Å². The molecule has 0 aliphatic heterocycles. The second kappa shape index (κ2) is 6.72. The van der Waals surface area contributed by atoms with E-state index >= 15 is 0 Å². The minimum atomic E-state index is -0.231.